The average molecular weight is 367 g/mol. The lowest BCUT2D eigenvalue weighted by Gasteiger charge is -2.23. The van der Waals surface area contributed by atoms with Gasteiger partial charge in [0.05, 0.1) is 6.54 Å². The molecule has 1 aromatic carbocycles. The number of ether oxygens (including phenoxy) is 1. The molecule has 27 heavy (non-hydrogen) atoms. The van der Waals surface area contributed by atoms with Gasteiger partial charge >= 0.3 is 5.97 Å². The molecule has 1 saturated heterocycles. The normalized spacial score (nSPS) is 16.0. The highest BCUT2D eigenvalue weighted by Crippen LogP contribution is 2.19. The smallest absolute Gasteiger partial charge is 0.329 e. The van der Waals surface area contributed by atoms with E-state index in [1.807, 2.05) is 30.3 Å². The van der Waals surface area contributed by atoms with Crippen molar-refractivity contribution < 1.29 is 19.1 Å². The molecular weight excluding hydrogens is 346 g/mol. The molecule has 7 heteroatoms. The van der Waals surface area contributed by atoms with Crippen molar-refractivity contribution in [2.45, 2.75) is 25.5 Å². The lowest BCUT2D eigenvalue weighted by Crippen LogP contribution is -2.46. The summed E-state index contributed by atoms with van der Waals surface area (Å²) in [7, 11) is 0. The number of nitrogens with one attached hydrogen (secondary N) is 1. The first-order chi connectivity index (χ1) is 13.1. The van der Waals surface area contributed by atoms with E-state index < -0.39 is 12.0 Å². The molecule has 1 aliphatic rings. The van der Waals surface area contributed by atoms with Crippen LogP contribution >= 0.6 is 0 Å². The second kappa shape index (κ2) is 8.93. The molecule has 3 rings (SSSR count). The van der Waals surface area contributed by atoms with E-state index in [0.29, 0.717) is 18.5 Å². The van der Waals surface area contributed by atoms with Crippen LogP contribution in [0.25, 0.3) is 0 Å². The molecule has 2 aromatic rings. The maximum absolute atomic E-state index is 12.5. The van der Waals surface area contributed by atoms with Gasteiger partial charge in [-0.2, -0.15) is 0 Å². The SMILES string of the molecule is O=C(NCC(=O)N1CCC[C@H]1C(=O)OCc1ccccc1)c1ccncc1. The second-order valence-corrected chi connectivity index (χ2v) is 6.26. The summed E-state index contributed by atoms with van der Waals surface area (Å²) in [5.41, 5.74) is 1.32. The molecule has 1 aliphatic heterocycles. The number of amides is 2. The van der Waals surface area contributed by atoms with Crippen LogP contribution in [0.1, 0.15) is 28.8 Å². The first kappa shape index (κ1) is 18.6. The van der Waals surface area contributed by atoms with E-state index in [1.54, 1.807) is 12.1 Å². The Kier molecular flexibility index (Phi) is 6.14. The van der Waals surface area contributed by atoms with Crippen LogP contribution in [0.5, 0.6) is 0 Å². The second-order valence-electron chi connectivity index (χ2n) is 6.26. The van der Waals surface area contributed by atoms with Gasteiger partial charge in [0.25, 0.3) is 5.91 Å². The van der Waals surface area contributed by atoms with Gasteiger partial charge in [0.1, 0.15) is 12.6 Å². The summed E-state index contributed by atoms with van der Waals surface area (Å²) >= 11 is 0. The summed E-state index contributed by atoms with van der Waals surface area (Å²) in [6.07, 6.45) is 4.32. The molecule has 140 valence electrons. The van der Waals surface area contributed by atoms with Crippen LogP contribution < -0.4 is 5.32 Å². The summed E-state index contributed by atoms with van der Waals surface area (Å²) in [6, 6.07) is 11.9. The van der Waals surface area contributed by atoms with Gasteiger partial charge in [0.2, 0.25) is 5.91 Å². The van der Waals surface area contributed by atoms with Crippen molar-refractivity contribution in [3.63, 3.8) is 0 Å². The van der Waals surface area contributed by atoms with Crippen LogP contribution in [0.15, 0.2) is 54.9 Å². The summed E-state index contributed by atoms with van der Waals surface area (Å²) < 4.78 is 5.36. The lowest BCUT2D eigenvalue weighted by atomic mass is 10.2. The first-order valence-electron chi connectivity index (χ1n) is 8.83. The van der Waals surface area contributed by atoms with Crippen LogP contribution in [-0.4, -0.2) is 46.8 Å². The number of nitrogens with zero attached hydrogens (tertiary/aromatic N) is 2. The molecule has 0 bridgehead atoms. The van der Waals surface area contributed by atoms with Gasteiger partial charge in [-0.1, -0.05) is 30.3 Å². The maximum atomic E-state index is 12.5. The molecule has 1 fully saturated rings. The Labute approximate surface area is 157 Å². The molecule has 0 aliphatic carbocycles. The Bertz CT molecular complexity index is 795. The summed E-state index contributed by atoms with van der Waals surface area (Å²) in [6.45, 7) is 0.496. The number of carbonyl (C=O) groups excluding carboxylic acids is 3. The molecule has 1 N–H and O–H groups in total. The third kappa shape index (κ3) is 4.91. The van der Waals surface area contributed by atoms with Gasteiger partial charge in [-0.3, -0.25) is 14.6 Å². The van der Waals surface area contributed by atoms with Gasteiger partial charge in [0.15, 0.2) is 0 Å². The highest BCUT2D eigenvalue weighted by molar-refractivity contribution is 5.96. The van der Waals surface area contributed by atoms with Crippen molar-refractivity contribution in [2.75, 3.05) is 13.1 Å². The van der Waals surface area contributed by atoms with E-state index in [0.717, 1.165) is 12.0 Å². The van der Waals surface area contributed by atoms with Crippen molar-refractivity contribution in [1.82, 2.24) is 15.2 Å². The van der Waals surface area contributed by atoms with Gasteiger partial charge < -0.3 is 15.0 Å². The number of hydrogen-bond donors (Lipinski definition) is 1. The third-order valence-corrected chi connectivity index (χ3v) is 4.41. The van der Waals surface area contributed by atoms with E-state index in [9.17, 15) is 14.4 Å². The highest BCUT2D eigenvalue weighted by atomic mass is 16.5. The fourth-order valence-corrected chi connectivity index (χ4v) is 3.00. The topological polar surface area (TPSA) is 88.6 Å². The quantitative estimate of drug-likeness (QED) is 0.783. The number of rotatable bonds is 6. The van der Waals surface area contributed by atoms with E-state index in [1.165, 1.54) is 17.3 Å². The fraction of sp³-hybridized carbons (Fsp3) is 0.300. The third-order valence-electron chi connectivity index (χ3n) is 4.41. The number of pyridine rings is 1. The minimum absolute atomic E-state index is 0.163. The fourth-order valence-electron chi connectivity index (χ4n) is 3.00. The molecule has 2 amide bonds. The van der Waals surface area contributed by atoms with Crippen LogP contribution in [-0.2, 0) is 20.9 Å². The number of carbonyl (C=O) groups is 3. The molecule has 0 saturated carbocycles. The van der Waals surface area contributed by atoms with Crippen LogP contribution in [0.4, 0.5) is 0 Å². The van der Waals surface area contributed by atoms with E-state index in [-0.39, 0.29) is 25.0 Å². The van der Waals surface area contributed by atoms with Crippen molar-refractivity contribution in [1.29, 1.82) is 0 Å². The van der Waals surface area contributed by atoms with Crippen LogP contribution in [0.3, 0.4) is 0 Å². The Morgan fingerprint density at radius 2 is 1.85 bits per heavy atom. The van der Waals surface area contributed by atoms with Gasteiger partial charge in [0, 0.05) is 24.5 Å². The zero-order valence-electron chi connectivity index (χ0n) is 14.8. The summed E-state index contributed by atoms with van der Waals surface area (Å²) in [4.78, 5) is 42.2. The van der Waals surface area contributed by atoms with Crippen molar-refractivity contribution >= 4 is 17.8 Å². The van der Waals surface area contributed by atoms with E-state index >= 15 is 0 Å². The summed E-state index contributed by atoms with van der Waals surface area (Å²) in [5.74, 6) is -1.06. The van der Waals surface area contributed by atoms with Crippen molar-refractivity contribution in [3.05, 3.63) is 66.0 Å². The van der Waals surface area contributed by atoms with E-state index in [4.69, 9.17) is 4.74 Å². The Hall–Kier alpha value is -3.22. The largest absolute Gasteiger partial charge is 0.459 e. The van der Waals surface area contributed by atoms with Crippen LogP contribution in [0.2, 0.25) is 0 Å². The monoisotopic (exact) mass is 367 g/mol. The zero-order chi connectivity index (χ0) is 19.1. The molecule has 1 aromatic heterocycles. The van der Waals surface area contributed by atoms with Gasteiger partial charge in [-0.15, -0.1) is 0 Å². The zero-order valence-corrected chi connectivity index (χ0v) is 14.8. The number of hydrogen-bond acceptors (Lipinski definition) is 5. The molecule has 0 unspecified atom stereocenters. The molecule has 2 heterocycles. The average Bonchev–Trinajstić information content (AvgIpc) is 3.21. The van der Waals surface area contributed by atoms with Crippen LogP contribution in [0, 0.1) is 0 Å². The predicted molar refractivity (Wildman–Crippen MR) is 97.5 cm³/mol. The Balaban J connectivity index is 1.51. The number of aromatic nitrogens is 1. The molecular formula is C20H21N3O4. The lowest BCUT2D eigenvalue weighted by molar-refractivity contribution is -0.154. The number of likely N-dealkylation sites (tertiary alicyclic amines) is 1. The van der Waals surface area contributed by atoms with Gasteiger partial charge in [-0.25, -0.2) is 4.79 Å². The predicted octanol–water partition coefficient (Wildman–Crippen LogP) is 1.55. The Morgan fingerprint density at radius 1 is 1.11 bits per heavy atom. The molecule has 0 radical (unpaired) electrons. The maximum Gasteiger partial charge on any atom is 0.329 e. The number of benzene rings is 1. The first-order valence-corrected chi connectivity index (χ1v) is 8.83. The standard InChI is InChI=1S/C20H21N3O4/c24-18(13-22-19(25)16-8-10-21-11-9-16)23-12-4-7-17(23)20(26)27-14-15-5-2-1-3-6-15/h1-3,5-6,8-11,17H,4,7,12-14H2,(H,22,25)/t17-/m0/s1. The highest BCUT2D eigenvalue weighted by Gasteiger charge is 2.35. The molecule has 1 atom stereocenters. The molecule has 7 nitrogen and oxygen atoms in total. The van der Waals surface area contributed by atoms with Crippen molar-refractivity contribution in [2.24, 2.45) is 0 Å². The minimum atomic E-state index is -0.598. The molecule has 0 spiro atoms. The minimum Gasteiger partial charge on any atom is -0.459 e. The van der Waals surface area contributed by atoms with Gasteiger partial charge in [-0.05, 0) is 30.5 Å². The van der Waals surface area contributed by atoms with E-state index in [2.05, 4.69) is 10.3 Å². The Morgan fingerprint density at radius 3 is 2.59 bits per heavy atom. The summed E-state index contributed by atoms with van der Waals surface area (Å²) in [5, 5.41) is 2.58. The van der Waals surface area contributed by atoms with Crippen molar-refractivity contribution in [3.8, 4) is 0 Å². The number of esters is 1.